The topological polar surface area (TPSA) is 57.2 Å². The van der Waals surface area contributed by atoms with Crippen molar-refractivity contribution in [3.63, 3.8) is 0 Å². The van der Waals surface area contributed by atoms with Crippen LogP contribution in [-0.2, 0) is 14.3 Å². The molecule has 6 heteroatoms. The summed E-state index contributed by atoms with van der Waals surface area (Å²) in [5.41, 5.74) is -0.951. The maximum Gasteiger partial charge on any atom is 0.266 e. The third kappa shape index (κ3) is 4.07. The van der Waals surface area contributed by atoms with Gasteiger partial charge in [-0.1, -0.05) is 0 Å². The molecule has 0 aromatic heterocycles. The first-order valence-corrected chi connectivity index (χ1v) is 8.93. The molecule has 2 heterocycles. The molecule has 2 saturated heterocycles. The van der Waals surface area contributed by atoms with Gasteiger partial charge in [0.25, 0.3) is 5.91 Å². The number of hydrogen-bond acceptors (Lipinski definition) is 5. The van der Waals surface area contributed by atoms with Crippen molar-refractivity contribution in [3.05, 3.63) is 24.3 Å². The van der Waals surface area contributed by atoms with Crippen molar-refractivity contribution in [2.24, 2.45) is 0 Å². The molecule has 0 saturated carbocycles. The van der Waals surface area contributed by atoms with Crippen molar-refractivity contribution in [1.29, 1.82) is 0 Å². The molecule has 0 radical (unpaired) electrons. The van der Waals surface area contributed by atoms with Crippen LogP contribution >= 0.6 is 0 Å². The molecular formula is C19H27NO5. The van der Waals surface area contributed by atoms with E-state index in [1.54, 1.807) is 0 Å². The van der Waals surface area contributed by atoms with E-state index in [1.165, 1.54) is 0 Å². The Bertz CT molecular complexity index is 584. The average Bonchev–Trinajstić information content (AvgIpc) is 2.62. The number of carbonyl (C=O) groups excluding carboxylic acids is 1. The molecule has 1 aromatic rings. The predicted molar refractivity (Wildman–Crippen MR) is 93.0 cm³/mol. The highest BCUT2D eigenvalue weighted by atomic mass is 16.5. The number of fused-ring (bicyclic) bond motifs is 1. The van der Waals surface area contributed by atoms with Gasteiger partial charge in [-0.05, 0) is 51.5 Å². The lowest BCUT2D eigenvalue weighted by Crippen LogP contribution is -2.61. The normalized spacial score (nSPS) is 23.7. The second-order valence-electron chi connectivity index (χ2n) is 6.86. The SMILES string of the molecule is CCOc1ccc(OC(C)(C)C(=O)N2CCO[C@@H]3COCC[C@@H]32)cc1. The minimum atomic E-state index is -0.951. The lowest BCUT2D eigenvalue weighted by molar-refractivity contribution is -0.173. The highest BCUT2D eigenvalue weighted by molar-refractivity contribution is 5.85. The number of morpholine rings is 1. The largest absolute Gasteiger partial charge is 0.494 e. The molecule has 0 N–H and O–H groups in total. The molecule has 2 fully saturated rings. The molecular weight excluding hydrogens is 322 g/mol. The van der Waals surface area contributed by atoms with E-state index in [4.69, 9.17) is 18.9 Å². The number of hydrogen-bond donors (Lipinski definition) is 0. The summed E-state index contributed by atoms with van der Waals surface area (Å²) in [5, 5.41) is 0. The quantitative estimate of drug-likeness (QED) is 0.816. The first-order chi connectivity index (χ1) is 12.0. The molecule has 1 aromatic carbocycles. The minimum Gasteiger partial charge on any atom is -0.494 e. The van der Waals surface area contributed by atoms with E-state index in [0.29, 0.717) is 38.7 Å². The van der Waals surface area contributed by atoms with Gasteiger partial charge >= 0.3 is 0 Å². The van der Waals surface area contributed by atoms with Crippen molar-refractivity contribution in [2.45, 2.75) is 44.9 Å². The van der Waals surface area contributed by atoms with Crippen LogP contribution in [0.3, 0.4) is 0 Å². The molecule has 25 heavy (non-hydrogen) atoms. The van der Waals surface area contributed by atoms with Gasteiger partial charge in [0.2, 0.25) is 0 Å². The summed E-state index contributed by atoms with van der Waals surface area (Å²) in [4.78, 5) is 15.0. The number of nitrogens with zero attached hydrogens (tertiary/aromatic N) is 1. The molecule has 3 rings (SSSR count). The molecule has 2 aliphatic heterocycles. The standard InChI is InChI=1S/C19H27NO5/c1-4-23-14-5-7-15(8-6-14)25-19(2,3)18(21)20-10-12-24-17-13-22-11-9-16(17)20/h5-8,16-17H,4,9-13H2,1-3H3/t16-,17+/m0/s1. The Morgan fingerprint density at radius 1 is 1.24 bits per heavy atom. The molecule has 0 unspecified atom stereocenters. The van der Waals surface area contributed by atoms with Crippen LogP contribution < -0.4 is 9.47 Å². The zero-order valence-corrected chi connectivity index (χ0v) is 15.2. The maximum absolute atomic E-state index is 13.1. The van der Waals surface area contributed by atoms with Crippen molar-refractivity contribution >= 4 is 5.91 Å². The number of benzene rings is 1. The Hall–Kier alpha value is -1.79. The zero-order chi connectivity index (χ0) is 17.9. The van der Waals surface area contributed by atoms with E-state index in [0.717, 1.165) is 12.2 Å². The Morgan fingerprint density at radius 2 is 1.96 bits per heavy atom. The summed E-state index contributed by atoms with van der Waals surface area (Å²) < 4.78 is 22.7. The predicted octanol–water partition coefficient (Wildman–Crippen LogP) is 2.26. The number of carbonyl (C=O) groups is 1. The summed E-state index contributed by atoms with van der Waals surface area (Å²) in [6.45, 7) is 8.53. The first kappa shape index (κ1) is 18.0. The zero-order valence-electron chi connectivity index (χ0n) is 15.2. The van der Waals surface area contributed by atoms with Crippen LogP contribution in [0.25, 0.3) is 0 Å². The van der Waals surface area contributed by atoms with E-state index >= 15 is 0 Å². The van der Waals surface area contributed by atoms with E-state index in [-0.39, 0.29) is 18.1 Å². The smallest absolute Gasteiger partial charge is 0.266 e. The molecule has 0 spiro atoms. The summed E-state index contributed by atoms with van der Waals surface area (Å²) >= 11 is 0. The highest BCUT2D eigenvalue weighted by Gasteiger charge is 2.43. The fourth-order valence-electron chi connectivity index (χ4n) is 3.39. The van der Waals surface area contributed by atoms with Gasteiger partial charge in [0.15, 0.2) is 5.60 Å². The Balaban J connectivity index is 1.68. The number of amides is 1. The summed E-state index contributed by atoms with van der Waals surface area (Å²) in [6, 6.07) is 7.43. The molecule has 1 amide bonds. The van der Waals surface area contributed by atoms with Gasteiger partial charge in [-0.3, -0.25) is 4.79 Å². The lowest BCUT2D eigenvalue weighted by Gasteiger charge is -2.45. The van der Waals surface area contributed by atoms with E-state index in [2.05, 4.69) is 0 Å². The highest BCUT2D eigenvalue weighted by Crippen LogP contribution is 2.27. The number of rotatable bonds is 5. The van der Waals surface area contributed by atoms with E-state index in [9.17, 15) is 4.79 Å². The minimum absolute atomic E-state index is 0.0124. The van der Waals surface area contributed by atoms with Crippen LogP contribution in [0.4, 0.5) is 0 Å². The van der Waals surface area contributed by atoms with Gasteiger partial charge in [0, 0.05) is 13.2 Å². The molecule has 2 aliphatic rings. The third-order valence-corrected chi connectivity index (χ3v) is 4.62. The Morgan fingerprint density at radius 3 is 2.68 bits per heavy atom. The van der Waals surface area contributed by atoms with Gasteiger partial charge in [-0.15, -0.1) is 0 Å². The van der Waals surface area contributed by atoms with Crippen LogP contribution in [-0.4, -0.2) is 61.5 Å². The van der Waals surface area contributed by atoms with Crippen LogP contribution in [0.1, 0.15) is 27.2 Å². The van der Waals surface area contributed by atoms with Crippen LogP contribution in [0.5, 0.6) is 11.5 Å². The van der Waals surface area contributed by atoms with Gasteiger partial charge in [-0.2, -0.15) is 0 Å². The van der Waals surface area contributed by atoms with E-state index in [1.807, 2.05) is 49.9 Å². The molecule has 6 nitrogen and oxygen atoms in total. The van der Waals surface area contributed by atoms with Crippen molar-refractivity contribution in [3.8, 4) is 11.5 Å². The second kappa shape index (κ2) is 7.62. The molecule has 0 aliphatic carbocycles. The number of ether oxygens (including phenoxy) is 4. The van der Waals surface area contributed by atoms with Gasteiger partial charge in [0.05, 0.1) is 25.9 Å². The summed E-state index contributed by atoms with van der Waals surface area (Å²) in [7, 11) is 0. The van der Waals surface area contributed by atoms with Crippen LogP contribution in [0.2, 0.25) is 0 Å². The van der Waals surface area contributed by atoms with Crippen molar-refractivity contribution < 1.29 is 23.7 Å². The Labute approximate surface area is 149 Å². The summed E-state index contributed by atoms with van der Waals surface area (Å²) in [5.74, 6) is 1.43. The van der Waals surface area contributed by atoms with Crippen molar-refractivity contribution in [1.82, 2.24) is 4.90 Å². The maximum atomic E-state index is 13.1. The third-order valence-electron chi connectivity index (χ3n) is 4.62. The Kier molecular flexibility index (Phi) is 5.49. The second-order valence-corrected chi connectivity index (χ2v) is 6.86. The first-order valence-electron chi connectivity index (χ1n) is 8.93. The van der Waals surface area contributed by atoms with Gasteiger partial charge < -0.3 is 23.8 Å². The van der Waals surface area contributed by atoms with Crippen LogP contribution in [0, 0.1) is 0 Å². The average molecular weight is 349 g/mol. The van der Waals surface area contributed by atoms with Gasteiger partial charge in [0.1, 0.15) is 17.6 Å². The molecule has 2 atom stereocenters. The molecule has 0 bridgehead atoms. The monoisotopic (exact) mass is 349 g/mol. The fourth-order valence-corrected chi connectivity index (χ4v) is 3.39. The van der Waals surface area contributed by atoms with Crippen LogP contribution in [0.15, 0.2) is 24.3 Å². The van der Waals surface area contributed by atoms with E-state index < -0.39 is 5.60 Å². The lowest BCUT2D eigenvalue weighted by atomic mass is 9.98. The van der Waals surface area contributed by atoms with Crippen molar-refractivity contribution in [2.75, 3.05) is 33.0 Å². The summed E-state index contributed by atoms with van der Waals surface area (Å²) in [6.07, 6.45) is 0.767. The molecule has 138 valence electrons. The van der Waals surface area contributed by atoms with Gasteiger partial charge in [-0.25, -0.2) is 0 Å². The fraction of sp³-hybridized carbons (Fsp3) is 0.632.